The maximum absolute atomic E-state index is 12.4. The zero-order valence-corrected chi connectivity index (χ0v) is 14.0. The summed E-state index contributed by atoms with van der Waals surface area (Å²) in [5.41, 5.74) is 0.946. The van der Waals surface area contributed by atoms with Crippen LogP contribution in [0.1, 0.15) is 33.6 Å². The summed E-state index contributed by atoms with van der Waals surface area (Å²) in [4.78, 5) is 35.1. The van der Waals surface area contributed by atoms with Gasteiger partial charge in [0.15, 0.2) is 0 Å². The molecule has 0 saturated carbocycles. The van der Waals surface area contributed by atoms with Gasteiger partial charge in [-0.1, -0.05) is 35.9 Å². The van der Waals surface area contributed by atoms with Gasteiger partial charge in [-0.2, -0.15) is 0 Å². The zero-order valence-electron chi connectivity index (χ0n) is 13.3. The van der Waals surface area contributed by atoms with Crippen molar-refractivity contribution in [3.8, 4) is 0 Å². The van der Waals surface area contributed by atoms with E-state index in [1.54, 1.807) is 48.5 Å². The first kappa shape index (κ1) is 18.5. The highest BCUT2D eigenvalue weighted by atomic mass is 35.5. The van der Waals surface area contributed by atoms with Crippen LogP contribution in [0.15, 0.2) is 48.5 Å². The average Bonchev–Trinajstić information content (AvgIpc) is 2.59. The van der Waals surface area contributed by atoms with Crippen LogP contribution >= 0.6 is 11.6 Å². The lowest BCUT2D eigenvalue weighted by molar-refractivity contribution is -0.137. The van der Waals surface area contributed by atoms with E-state index in [0.29, 0.717) is 28.3 Å². The van der Waals surface area contributed by atoms with Gasteiger partial charge in [-0.15, -0.1) is 0 Å². The molecule has 7 heteroatoms. The van der Waals surface area contributed by atoms with E-state index in [4.69, 9.17) is 16.7 Å². The molecule has 130 valence electrons. The average molecular weight is 361 g/mol. The number of rotatable bonds is 7. The molecule has 0 aliphatic carbocycles. The lowest BCUT2D eigenvalue weighted by atomic mass is 10.1. The number of hydrogen-bond acceptors (Lipinski definition) is 3. The molecule has 2 aromatic rings. The fraction of sp³-hybridized carbons (Fsp3) is 0.167. The predicted octanol–water partition coefficient (Wildman–Crippen LogP) is 3.19. The third kappa shape index (κ3) is 5.32. The number of benzene rings is 2. The Kier molecular flexibility index (Phi) is 6.54. The smallest absolute Gasteiger partial charge is 0.303 e. The molecule has 0 radical (unpaired) electrons. The number of carbonyl (C=O) groups is 3. The van der Waals surface area contributed by atoms with E-state index in [1.807, 2.05) is 0 Å². The Balaban J connectivity index is 2.07. The van der Waals surface area contributed by atoms with E-state index in [9.17, 15) is 14.4 Å². The van der Waals surface area contributed by atoms with E-state index in [0.717, 1.165) is 0 Å². The SMILES string of the molecule is O=C(O)CCCNC(=O)c1ccccc1NC(=O)c1ccccc1Cl. The molecule has 2 rings (SSSR count). The number of nitrogens with one attached hydrogen (secondary N) is 2. The summed E-state index contributed by atoms with van der Waals surface area (Å²) in [6.07, 6.45) is 0.306. The second kappa shape index (κ2) is 8.84. The minimum absolute atomic E-state index is 0.0226. The Bertz CT molecular complexity index is 792. The van der Waals surface area contributed by atoms with Crippen molar-refractivity contribution in [1.82, 2.24) is 5.32 Å². The van der Waals surface area contributed by atoms with Gasteiger partial charge in [-0.05, 0) is 30.7 Å². The van der Waals surface area contributed by atoms with E-state index >= 15 is 0 Å². The Morgan fingerprint density at radius 1 is 0.920 bits per heavy atom. The third-order valence-corrected chi connectivity index (χ3v) is 3.72. The van der Waals surface area contributed by atoms with Crippen molar-refractivity contribution in [3.05, 3.63) is 64.7 Å². The van der Waals surface area contributed by atoms with Gasteiger partial charge in [0.05, 0.1) is 21.8 Å². The molecule has 0 aliphatic rings. The number of halogens is 1. The van der Waals surface area contributed by atoms with Crippen LogP contribution in [0.25, 0.3) is 0 Å². The molecule has 0 fully saturated rings. The topological polar surface area (TPSA) is 95.5 Å². The zero-order chi connectivity index (χ0) is 18.2. The highest BCUT2D eigenvalue weighted by Gasteiger charge is 2.15. The molecule has 0 spiro atoms. The summed E-state index contributed by atoms with van der Waals surface area (Å²) >= 11 is 6.01. The van der Waals surface area contributed by atoms with Crippen LogP contribution in [-0.2, 0) is 4.79 Å². The first-order valence-electron chi connectivity index (χ1n) is 7.64. The Hall–Kier alpha value is -2.86. The van der Waals surface area contributed by atoms with E-state index in [2.05, 4.69) is 10.6 Å². The number of anilines is 1. The second-order valence-electron chi connectivity index (χ2n) is 5.23. The molecule has 0 unspecified atom stereocenters. The summed E-state index contributed by atoms with van der Waals surface area (Å²) in [6.45, 7) is 0.234. The lowest BCUT2D eigenvalue weighted by Gasteiger charge is -2.12. The molecule has 0 heterocycles. The van der Waals surface area contributed by atoms with Gasteiger partial charge in [-0.3, -0.25) is 14.4 Å². The minimum atomic E-state index is -0.915. The molecule has 2 amide bonds. The third-order valence-electron chi connectivity index (χ3n) is 3.39. The van der Waals surface area contributed by atoms with Crippen LogP contribution < -0.4 is 10.6 Å². The van der Waals surface area contributed by atoms with Crippen molar-refractivity contribution in [1.29, 1.82) is 0 Å². The van der Waals surface area contributed by atoms with Gasteiger partial charge >= 0.3 is 5.97 Å². The van der Waals surface area contributed by atoms with E-state index in [-0.39, 0.29) is 18.9 Å². The maximum Gasteiger partial charge on any atom is 0.303 e. The first-order chi connectivity index (χ1) is 12.0. The Morgan fingerprint density at radius 3 is 2.24 bits per heavy atom. The molecule has 25 heavy (non-hydrogen) atoms. The number of hydrogen-bond donors (Lipinski definition) is 3. The number of amides is 2. The Labute approximate surface area is 149 Å². The molecule has 0 saturated heterocycles. The fourth-order valence-corrected chi connectivity index (χ4v) is 2.38. The molecule has 0 atom stereocenters. The molecular formula is C18H17ClN2O4. The molecular weight excluding hydrogens is 344 g/mol. The predicted molar refractivity (Wildman–Crippen MR) is 95.1 cm³/mol. The second-order valence-corrected chi connectivity index (χ2v) is 5.64. The van der Waals surface area contributed by atoms with Crippen molar-refractivity contribution < 1.29 is 19.5 Å². The molecule has 0 aliphatic heterocycles. The van der Waals surface area contributed by atoms with Gasteiger partial charge in [0.2, 0.25) is 0 Å². The van der Waals surface area contributed by atoms with Crippen molar-refractivity contribution >= 4 is 35.1 Å². The Morgan fingerprint density at radius 2 is 1.56 bits per heavy atom. The van der Waals surface area contributed by atoms with E-state index in [1.165, 1.54) is 0 Å². The highest BCUT2D eigenvalue weighted by Crippen LogP contribution is 2.19. The van der Waals surface area contributed by atoms with Crippen molar-refractivity contribution in [2.75, 3.05) is 11.9 Å². The van der Waals surface area contributed by atoms with Crippen molar-refractivity contribution in [2.45, 2.75) is 12.8 Å². The summed E-state index contributed by atoms with van der Waals surface area (Å²) in [7, 11) is 0. The van der Waals surface area contributed by atoms with Crippen molar-refractivity contribution in [3.63, 3.8) is 0 Å². The largest absolute Gasteiger partial charge is 0.481 e. The van der Waals surface area contributed by atoms with Gasteiger partial charge in [0.25, 0.3) is 11.8 Å². The molecule has 0 aromatic heterocycles. The van der Waals surface area contributed by atoms with Gasteiger partial charge in [0, 0.05) is 13.0 Å². The number of carboxylic acids is 1. The van der Waals surface area contributed by atoms with Crippen LogP contribution in [0.5, 0.6) is 0 Å². The monoisotopic (exact) mass is 360 g/mol. The van der Waals surface area contributed by atoms with Crippen LogP contribution in [0.3, 0.4) is 0 Å². The number of carbonyl (C=O) groups excluding carboxylic acids is 2. The number of carboxylic acid groups (broad SMARTS) is 1. The summed E-state index contributed by atoms with van der Waals surface area (Å²) in [5, 5.41) is 14.2. The summed E-state index contributed by atoms with van der Waals surface area (Å²) < 4.78 is 0. The normalized spacial score (nSPS) is 10.1. The minimum Gasteiger partial charge on any atom is -0.481 e. The first-order valence-corrected chi connectivity index (χ1v) is 8.01. The van der Waals surface area contributed by atoms with Crippen molar-refractivity contribution in [2.24, 2.45) is 0 Å². The maximum atomic E-state index is 12.4. The quantitative estimate of drug-likeness (QED) is 0.661. The van der Waals surface area contributed by atoms with Gasteiger partial charge in [-0.25, -0.2) is 0 Å². The van der Waals surface area contributed by atoms with Crippen LogP contribution in [0.2, 0.25) is 5.02 Å². The van der Waals surface area contributed by atoms with Crippen LogP contribution in [0.4, 0.5) is 5.69 Å². The standard InChI is InChI=1S/C18H17ClN2O4/c19-14-8-3-1-6-12(14)18(25)21-15-9-4-2-7-13(15)17(24)20-11-5-10-16(22)23/h1-4,6-9H,5,10-11H2,(H,20,24)(H,21,25)(H,22,23). The van der Waals surface area contributed by atoms with Gasteiger partial charge < -0.3 is 15.7 Å². The summed E-state index contributed by atoms with van der Waals surface area (Å²) in [6, 6.07) is 13.2. The number of para-hydroxylation sites is 1. The molecule has 3 N–H and O–H groups in total. The van der Waals surface area contributed by atoms with Crippen LogP contribution in [-0.4, -0.2) is 29.4 Å². The highest BCUT2D eigenvalue weighted by molar-refractivity contribution is 6.34. The summed E-state index contributed by atoms with van der Waals surface area (Å²) in [5.74, 6) is -1.72. The number of aliphatic carboxylic acids is 1. The molecule has 2 aromatic carbocycles. The van der Waals surface area contributed by atoms with Gasteiger partial charge in [0.1, 0.15) is 0 Å². The van der Waals surface area contributed by atoms with Crippen LogP contribution in [0, 0.1) is 0 Å². The van der Waals surface area contributed by atoms with E-state index < -0.39 is 11.9 Å². The lowest BCUT2D eigenvalue weighted by Crippen LogP contribution is -2.26. The molecule has 6 nitrogen and oxygen atoms in total. The fourth-order valence-electron chi connectivity index (χ4n) is 2.16. The molecule has 0 bridgehead atoms.